The number of fused-ring (bicyclic) bond motifs is 3. The Kier molecular flexibility index (Phi) is 5.99. The van der Waals surface area contributed by atoms with Crippen LogP contribution in [0.3, 0.4) is 0 Å². The Morgan fingerprint density at radius 3 is 2.22 bits per heavy atom. The molecule has 0 aliphatic heterocycles. The van der Waals surface area contributed by atoms with Crippen LogP contribution in [0.5, 0.6) is 0 Å². The predicted octanol–water partition coefficient (Wildman–Crippen LogP) is 4.86. The van der Waals surface area contributed by atoms with Gasteiger partial charge in [0.2, 0.25) is 0 Å². The highest BCUT2D eigenvalue weighted by molar-refractivity contribution is 5.82. The van der Waals surface area contributed by atoms with Crippen LogP contribution in [0.15, 0.2) is 61.1 Å². The molecule has 166 valence electrons. The number of aromatic nitrogens is 2. The summed E-state index contributed by atoms with van der Waals surface area (Å²) >= 11 is 0. The van der Waals surface area contributed by atoms with Gasteiger partial charge in [-0.2, -0.15) is 0 Å². The van der Waals surface area contributed by atoms with Gasteiger partial charge in [-0.3, -0.25) is 4.90 Å². The van der Waals surface area contributed by atoms with Crippen molar-refractivity contribution in [1.29, 1.82) is 0 Å². The fourth-order valence-corrected chi connectivity index (χ4v) is 4.47. The summed E-state index contributed by atoms with van der Waals surface area (Å²) in [5.74, 6) is -1.21. The number of carbonyl (C=O) groups is 2. The van der Waals surface area contributed by atoms with Gasteiger partial charge in [0.05, 0.1) is 18.2 Å². The smallest absolute Gasteiger partial charge is 0.410 e. The van der Waals surface area contributed by atoms with Crippen molar-refractivity contribution in [3.8, 4) is 11.1 Å². The molecule has 0 fully saturated rings. The number of carbonyl (C=O) groups excluding carboxylic acids is 1. The fraction of sp³-hybridized carbons (Fsp3) is 0.320. The molecule has 32 heavy (non-hydrogen) atoms. The summed E-state index contributed by atoms with van der Waals surface area (Å²) in [6, 6.07) is 15.0. The third-order valence-electron chi connectivity index (χ3n) is 5.99. The quantitative estimate of drug-likeness (QED) is 0.575. The van der Waals surface area contributed by atoms with Gasteiger partial charge in [-0.15, -0.1) is 0 Å². The molecule has 1 aliphatic carbocycles. The third kappa shape index (κ3) is 3.75. The van der Waals surface area contributed by atoms with E-state index < -0.39 is 18.1 Å². The molecule has 0 saturated carbocycles. The molecule has 0 radical (unpaired) electrons. The Morgan fingerprint density at radius 1 is 1.09 bits per heavy atom. The number of hydrogen-bond donors (Lipinski definition) is 1. The molecular formula is C25H27N3O4. The van der Waals surface area contributed by atoms with Gasteiger partial charge in [0.1, 0.15) is 6.61 Å². The molecule has 3 aromatic rings. The molecule has 0 saturated heterocycles. The SMILES string of the molecule is CCN(C(=O)OCC1c2ccccc2-c2ccccc21)C(C(=O)O)c1cncn1C(C)C. The lowest BCUT2D eigenvalue weighted by Crippen LogP contribution is -2.40. The summed E-state index contributed by atoms with van der Waals surface area (Å²) < 4.78 is 7.48. The van der Waals surface area contributed by atoms with Crippen molar-refractivity contribution < 1.29 is 19.4 Å². The van der Waals surface area contributed by atoms with Crippen molar-refractivity contribution in [3.05, 3.63) is 77.9 Å². The Morgan fingerprint density at radius 2 is 1.69 bits per heavy atom. The Balaban J connectivity index is 1.57. The summed E-state index contributed by atoms with van der Waals surface area (Å²) in [6.07, 6.45) is 2.43. The zero-order chi connectivity index (χ0) is 22.8. The van der Waals surface area contributed by atoms with E-state index in [0.717, 1.165) is 22.3 Å². The van der Waals surface area contributed by atoms with Gasteiger partial charge >= 0.3 is 12.1 Å². The van der Waals surface area contributed by atoms with Crippen LogP contribution in [0.2, 0.25) is 0 Å². The number of aliphatic carboxylic acids is 1. The molecule has 0 spiro atoms. The number of carboxylic acid groups (broad SMARTS) is 1. The Labute approximate surface area is 187 Å². The average molecular weight is 434 g/mol. The van der Waals surface area contributed by atoms with Gasteiger partial charge in [-0.1, -0.05) is 48.5 Å². The molecule has 1 aromatic heterocycles. The highest BCUT2D eigenvalue weighted by Crippen LogP contribution is 2.44. The standard InChI is InChI=1S/C25H27N3O4/c1-4-27(23(24(29)30)22-13-26-15-28(22)16(2)3)25(31)32-14-21-19-11-7-5-9-17(19)18-10-6-8-12-20(18)21/h5-13,15-16,21,23H,4,14H2,1-3H3,(H,29,30). The fourth-order valence-electron chi connectivity index (χ4n) is 4.47. The maximum Gasteiger partial charge on any atom is 0.410 e. The van der Waals surface area contributed by atoms with Crippen molar-refractivity contribution in [3.63, 3.8) is 0 Å². The summed E-state index contributed by atoms with van der Waals surface area (Å²) in [5, 5.41) is 9.95. The molecule has 1 heterocycles. The van der Waals surface area contributed by atoms with Crippen molar-refractivity contribution in [2.75, 3.05) is 13.2 Å². The molecule has 1 atom stereocenters. The minimum Gasteiger partial charge on any atom is -0.479 e. The zero-order valence-corrected chi connectivity index (χ0v) is 18.4. The van der Waals surface area contributed by atoms with Gasteiger partial charge in [0, 0.05) is 18.5 Å². The van der Waals surface area contributed by atoms with E-state index in [4.69, 9.17) is 4.74 Å². The van der Waals surface area contributed by atoms with Crippen LogP contribution in [-0.2, 0) is 9.53 Å². The second kappa shape index (κ2) is 8.86. The van der Waals surface area contributed by atoms with Crippen LogP contribution in [0.1, 0.15) is 55.6 Å². The molecule has 1 unspecified atom stereocenters. The monoisotopic (exact) mass is 433 g/mol. The molecule has 1 aliphatic rings. The molecule has 1 amide bonds. The Bertz CT molecular complexity index is 1090. The number of imidazole rings is 1. The summed E-state index contributed by atoms with van der Waals surface area (Å²) in [7, 11) is 0. The molecule has 4 rings (SSSR count). The Hall–Kier alpha value is -3.61. The number of rotatable bonds is 7. The first-order valence-corrected chi connectivity index (χ1v) is 10.8. The number of ether oxygens (including phenoxy) is 1. The lowest BCUT2D eigenvalue weighted by Gasteiger charge is -2.29. The summed E-state index contributed by atoms with van der Waals surface area (Å²) in [5.41, 5.74) is 4.94. The topological polar surface area (TPSA) is 84.7 Å². The first kappa shape index (κ1) is 21.6. The molecule has 7 nitrogen and oxygen atoms in total. The first-order chi connectivity index (χ1) is 15.4. The number of nitrogens with zero attached hydrogens (tertiary/aromatic N) is 3. The normalized spacial score (nSPS) is 13.5. The largest absolute Gasteiger partial charge is 0.479 e. The molecule has 1 N–H and O–H groups in total. The highest BCUT2D eigenvalue weighted by atomic mass is 16.6. The number of amides is 1. The average Bonchev–Trinajstić information content (AvgIpc) is 3.38. The molecular weight excluding hydrogens is 406 g/mol. The van der Waals surface area contributed by atoms with E-state index in [1.54, 1.807) is 17.8 Å². The predicted molar refractivity (Wildman–Crippen MR) is 120 cm³/mol. The van der Waals surface area contributed by atoms with Gasteiger partial charge in [0.15, 0.2) is 6.04 Å². The van der Waals surface area contributed by atoms with E-state index in [9.17, 15) is 14.7 Å². The third-order valence-corrected chi connectivity index (χ3v) is 5.99. The molecule has 0 bridgehead atoms. The van der Waals surface area contributed by atoms with E-state index in [1.807, 2.05) is 50.2 Å². The number of hydrogen-bond acceptors (Lipinski definition) is 4. The van der Waals surface area contributed by atoms with Crippen molar-refractivity contribution in [2.45, 2.75) is 38.8 Å². The zero-order valence-electron chi connectivity index (χ0n) is 18.4. The number of carboxylic acids is 1. The first-order valence-electron chi connectivity index (χ1n) is 10.8. The minimum atomic E-state index is -1.18. The number of likely N-dealkylation sites (N-methyl/N-ethyl adjacent to an activating group) is 1. The second-order valence-corrected chi connectivity index (χ2v) is 8.15. The summed E-state index contributed by atoms with van der Waals surface area (Å²) in [6.45, 7) is 5.95. The lowest BCUT2D eigenvalue weighted by molar-refractivity contribution is -0.143. The lowest BCUT2D eigenvalue weighted by atomic mass is 9.98. The van der Waals surface area contributed by atoms with E-state index in [0.29, 0.717) is 5.69 Å². The number of benzene rings is 2. The van der Waals surface area contributed by atoms with Crippen molar-refractivity contribution >= 4 is 12.1 Å². The van der Waals surface area contributed by atoms with Gasteiger partial charge < -0.3 is 14.4 Å². The van der Waals surface area contributed by atoms with Gasteiger partial charge in [0.25, 0.3) is 0 Å². The molecule has 2 aromatic carbocycles. The van der Waals surface area contributed by atoms with Crippen LogP contribution in [0.25, 0.3) is 11.1 Å². The van der Waals surface area contributed by atoms with E-state index in [-0.39, 0.29) is 25.1 Å². The van der Waals surface area contributed by atoms with Gasteiger partial charge in [-0.25, -0.2) is 14.6 Å². The van der Waals surface area contributed by atoms with E-state index >= 15 is 0 Å². The van der Waals surface area contributed by atoms with Crippen LogP contribution < -0.4 is 0 Å². The van der Waals surface area contributed by atoms with Crippen LogP contribution in [-0.4, -0.2) is 44.8 Å². The maximum absolute atomic E-state index is 13.1. The van der Waals surface area contributed by atoms with Gasteiger partial charge in [-0.05, 0) is 43.0 Å². The van der Waals surface area contributed by atoms with Crippen molar-refractivity contribution in [2.24, 2.45) is 0 Å². The van der Waals surface area contributed by atoms with Crippen LogP contribution >= 0.6 is 0 Å². The van der Waals surface area contributed by atoms with Crippen LogP contribution in [0.4, 0.5) is 4.79 Å². The van der Waals surface area contributed by atoms with E-state index in [1.165, 1.54) is 11.1 Å². The maximum atomic E-state index is 13.1. The van der Waals surface area contributed by atoms with Crippen LogP contribution in [0, 0.1) is 0 Å². The highest BCUT2D eigenvalue weighted by Gasteiger charge is 2.35. The van der Waals surface area contributed by atoms with E-state index in [2.05, 4.69) is 17.1 Å². The summed E-state index contributed by atoms with van der Waals surface area (Å²) in [4.78, 5) is 30.6. The minimum absolute atomic E-state index is 0.00979. The van der Waals surface area contributed by atoms with Crippen molar-refractivity contribution in [1.82, 2.24) is 14.5 Å². The molecule has 7 heteroatoms. The second-order valence-electron chi connectivity index (χ2n) is 8.15.